The predicted molar refractivity (Wildman–Crippen MR) is 143 cm³/mol. The first kappa shape index (κ1) is 33.7. The molecule has 2 aliphatic heterocycles. The molecule has 5 amide bonds. The van der Waals surface area contributed by atoms with Gasteiger partial charge in [0.15, 0.2) is 0 Å². The Hall–Kier alpha value is -3.35. The second-order valence-corrected chi connectivity index (χ2v) is 9.28. The van der Waals surface area contributed by atoms with Crippen LogP contribution in [0, 0.1) is 5.92 Å². The van der Waals surface area contributed by atoms with Gasteiger partial charge in [-0.15, -0.1) is 12.4 Å². The first-order chi connectivity index (χ1) is 18.0. The minimum atomic E-state index is -0.989. The van der Waals surface area contributed by atoms with Crippen LogP contribution in [0.1, 0.15) is 61.3 Å². The Labute approximate surface area is 233 Å². The lowest BCUT2D eigenvalue weighted by atomic mass is 10.0. The van der Waals surface area contributed by atoms with Gasteiger partial charge in [0, 0.05) is 6.42 Å². The monoisotopic (exact) mass is 568 g/mol. The maximum Gasteiger partial charge on any atom is 0.326 e. The van der Waals surface area contributed by atoms with Crippen LogP contribution < -0.4 is 5.32 Å². The largest absolute Gasteiger partial charge is 0.480 e. The molecule has 216 valence electrons. The van der Waals surface area contributed by atoms with Gasteiger partial charge in [0.25, 0.3) is 17.7 Å². The number of carboxylic acid groups (broad SMARTS) is 1. The number of imide groups is 2. The quantitative estimate of drug-likeness (QED) is 0.346. The summed E-state index contributed by atoms with van der Waals surface area (Å²) >= 11 is 0. The van der Waals surface area contributed by atoms with Crippen LogP contribution in [0.3, 0.4) is 0 Å². The number of halogens is 1. The van der Waals surface area contributed by atoms with Crippen LogP contribution in [-0.4, -0.2) is 105 Å². The van der Waals surface area contributed by atoms with E-state index < -0.39 is 41.7 Å². The van der Waals surface area contributed by atoms with Gasteiger partial charge < -0.3 is 15.5 Å². The molecule has 0 saturated carbocycles. The number of β-amino-alcohol motifs (C(OH)–C–C–N with tert-alkyl or cyclic N) is 1. The maximum atomic E-state index is 12.4. The summed E-state index contributed by atoms with van der Waals surface area (Å²) in [6.07, 6.45) is 0.175. The number of aliphatic hydroxyl groups is 1. The van der Waals surface area contributed by atoms with Gasteiger partial charge in [-0.25, -0.2) is 4.79 Å². The molecule has 1 fully saturated rings. The number of fused-ring (bicyclic) bond motifs is 1. The summed E-state index contributed by atoms with van der Waals surface area (Å²) in [5.41, 5.74) is 0.539. The Morgan fingerprint density at radius 1 is 1.05 bits per heavy atom. The highest BCUT2D eigenvalue weighted by Crippen LogP contribution is 2.28. The Morgan fingerprint density at radius 2 is 1.59 bits per heavy atom. The number of nitrogens with zero attached hydrogens (tertiary/aromatic N) is 3. The standard InChI is InChI=1S/C15H14N2O5.C11H22N2O3.ClH/c18-8-7-16-12(19)6-5-11(15(16)22)17-13(20)9-3-1-2-4-10(9)14(17)21;1-5-13(6-2)7-9(14)12-10(8(3)4)11(15)16;/h1-4,11,18H,5-8H2;8,10H,5-7H2,1-4H3,(H,12,14)(H,15,16);1H/t;10-;/m.0./s1. The molecule has 1 aromatic carbocycles. The molecule has 2 heterocycles. The normalized spacial score (nSPS) is 17.5. The zero-order valence-corrected chi connectivity index (χ0v) is 23.4. The molecule has 2 atom stereocenters. The molecule has 0 radical (unpaired) electrons. The van der Waals surface area contributed by atoms with Crippen molar-refractivity contribution in [1.82, 2.24) is 20.0 Å². The number of likely N-dealkylation sites (N-methyl/N-ethyl adjacent to an activating group) is 1. The Morgan fingerprint density at radius 3 is 2.03 bits per heavy atom. The van der Waals surface area contributed by atoms with E-state index in [1.54, 1.807) is 38.1 Å². The zero-order chi connectivity index (χ0) is 28.6. The highest BCUT2D eigenvalue weighted by atomic mass is 35.5. The molecule has 3 rings (SSSR count). The van der Waals surface area contributed by atoms with Crippen LogP contribution in [-0.2, 0) is 19.2 Å². The van der Waals surface area contributed by atoms with Crippen LogP contribution in [0.2, 0.25) is 0 Å². The number of rotatable bonds is 10. The summed E-state index contributed by atoms with van der Waals surface area (Å²) in [5.74, 6) is -3.37. The molecule has 1 unspecified atom stereocenters. The number of benzene rings is 1. The van der Waals surface area contributed by atoms with Crippen LogP contribution >= 0.6 is 12.4 Å². The molecule has 1 aromatic rings. The molecule has 0 spiro atoms. The average molecular weight is 569 g/mol. The lowest BCUT2D eigenvalue weighted by molar-refractivity contribution is -0.152. The van der Waals surface area contributed by atoms with Crippen molar-refractivity contribution >= 4 is 47.9 Å². The zero-order valence-electron chi connectivity index (χ0n) is 22.6. The number of likely N-dealkylation sites (tertiary alicyclic amines) is 1. The molecule has 13 heteroatoms. The van der Waals surface area contributed by atoms with E-state index in [9.17, 15) is 28.8 Å². The van der Waals surface area contributed by atoms with Gasteiger partial charge in [0.05, 0.1) is 30.8 Å². The number of hydrogen-bond acceptors (Lipinski definition) is 8. The van der Waals surface area contributed by atoms with Crippen molar-refractivity contribution in [1.29, 1.82) is 0 Å². The third-order valence-corrected chi connectivity index (χ3v) is 6.46. The minimum absolute atomic E-state index is 0. The number of carbonyl (C=O) groups excluding carboxylic acids is 5. The van der Waals surface area contributed by atoms with Crippen molar-refractivity contribution in [2.24, 2.45) is 5.92 Å². The third kappa shape index (κ3) is 8.07. The number of nitrogens with one attached hydrogen (secondary N) is 1. The Balaban J connectivity index is 0.000000402. The lowest BCUT2D eigenvalue weighted by Gasteiger charge is -2.34. The van der Waals surface area contributed by atoms with Gasteiger partial charge in [-0.05, 0) is 37.6 Å². The fourth-order valence-corrected chi connectivity index (χ4v) is 4.27. The molecule has 2 aliphatic rings. The number of piperidine rings is 1. The molecule has 12 nitrogen and oxygen atoms in total. The smallest absolute Gasteiger partial charge is 0.326 e. The molecule has 0 aromatic heterocycles. The minimum Gasteiger partial charge on any atom is -0.480 e. The summed E-state index contributed by atoms with van der Waals surface area (Å²) < 4.78 is 0. The maximum absolute atomic E-state index is 12.4. The van der Waals surface area contributed by atoms with E-state index in [4.69, 9.17) is 10.2 Å². The van der Waals surface area contributed by atoms with Gasteiger partial charge in [0.2, 0.25) is 11.8 Å². The number of aliphatic carboxylic acids is 1. The van der Waals surface area contributed by atoms with Crippen molar-refractivity contribution in [2.75, 3.05) is 32.8 Å². The SMILES string of the molecule is CCN(CC)CC(=O)N[C@H](C(=O)O)C(C)C.Cl.O=C1CCC(N2C(=O)c3ccccc3C2=O)C(=O)N1CCO. The summed E-state index contributed by atoms with van der Waals surface area (Å²) in [4.78, 5) is 75.2. The molecule has 39 heavy (non-hydrogen) atoms. The number of hydrogen-bond donors (Lipinski definition) is 3. The van der Waals surface area contributed by atoms with Gasteiger partial charge in [-0.2, -0.15) is 0 Å². The van der Waals surface area contributed by atoms with E-state index in [2.05, 4.69) is 5.32 Å². The van der Waals surface area contributed by atoms with Crippen LogP contribution in [0.15, 0.2) is 24.3 Å². The topological polar surface area (TPSA) is 165 Å². The van der Waals surface area contributed by atoms with Crippen LogP contribution in [0.5, 0.6) is 0 Å². The first-order valence-corrected chi connectivity index (χ1v) is 12.6. The molecule has 0 bridgehead atoms. The van der Waals surface area contributed by atoms with Crippen LogP contribution in [0.25, 0.3) is 0 Å². The van der Waals surface area contributed by atoms with E-state index in [1.807, 2.05) is 18.7 Å². The number of amides is 5. The average Bonchev–Trinajstić information content (AvgIpc) is 3.13. The third-order valence-electron chi connectivity index (χ3n) is 6.46. The second kappa shape index (κ2) is 15.3. The lowest BCUT2D eigenvalue weighted by Crippen LogP contribution is -2.56. The molecular weight excluding hydrogens is 532 g/mol. The van der Waals surface area contributed by atoms with E-state index in [1.165, 1.54) is 0 Å². The Bertz CT molecular complexity index is 1040. The van der Waals surface area contributed by atoms with Crippen molar-refractivity contribution in [3.8, 4) is 0 Å². The highest BCUT2D eigenvalue weighted by molar-refractivity contribution is 6.23. The molecule has 0 aliphatic carbocycles. The fraction of sp³-hybridized carbons (Fsp3) is 0.538. The summed E-state index contributed by atoms with van der Waals surface area (Å²) in [6, 6.07) is 4.59. The predicted octanol–water partition coefficient (Wildman–Crippen LogP) is 0.768. The summed E-state index contributed by atoms with van der Waals surface area (Å²) in [7, 11) is 0. The van der Waals surface area contributed by atoms with Crippen molar-refractivity contribution in [3.05, 3.63) is 35.4 Å². The number of carbonyl (C=O) groups is 6. The Kier molecular flexibility index (Phi) is 13.2. The first-order valence-electron chi connectivity index (χ1n) is 12.6. The van der Waals surface area contributed by atoms with Gasteiger partial charge >= 0.3 is 5.97 Å². The van der Waals surface area contributed by atoms with Gasteiger partial charge in [-0.3, -0.25) is 38.7 Å². The molecule has 1 saturated heterocycles. The molecule has 3 N–H and O–H groups in total. The van der Waals surface area contributed by atoms with Crippen molar-refractivity contribution in [3.63, 3.8) is 0 Å². The summed E-state index contributed by atoms with van der Waals surface area (Å²) in [6.45, 7) is 8.81. The number of aliphatic hydroxyl groups excluding tert-OH is 1. The van der Waals surface area contributed by atoms with Gasteiger partial charge in [0.1, 0.15) is 12.1 Å². The van der Waals surface area contributed by atoms with E-state index in [0.29, 0.717) is 0 Å². The molecular formula is C26H37ClN4O8. The van der Waals surface area contributed by atoms with Gasteiger partial charge in [-0.1, -0.05) is 39.8 Å². The summed E-state index contributed by atoms with van der Waals surface area (Å²) in [5, 5.41) is 20.4. The fourth-order valence-electron chi connectivity index (χ4n) is 4.27. The van der Waals surface area contributed by atoms with Crippen molar-refractivity contribution in [2.45, 2.75) is 52.6 Å². The van der Waals surface area contributed by atoms with E-state index >= 15 is 0 Å². The van der Waals surface area contributed by atoms with E-state index in [0.717, 1.165) is 22.9 Å². The van der Waals surface area contributed by atoms with Crippen molar-refractivity contribution < 1.29 is 39.0 Å². The number of carboxylic acids is 1. The highest BCUT2D eigenvalue weighted by Gasteiger charge is 2.46. The second-order valence-electron chi connectivity index (χ2n) is 9.28. The van der Waals surface area contributed by atoms with Crippen LogP contribution in [0.4, 0.5) is 0 Å². The van der Waals surface area contributed by atoms with E-state index in [-0.39, 0.29) is 67.9 Å².